The minimum atomic E-state index is -4.76. The van der Waals surface area contributed by atoms with E-state index in [9.17, 15) is 14.2 Å². The molecule has 1 atom stereocenters. The van der Waals surface area contributed by atoms with Crippen LogP contribution in [0.5, 0.6) is 0 Å². The Balaban J connectivity index is 3.87. The minimum Gasteiger partial charge on any atom is -0.462 e. The molecule has 0 unspecified atom stereocenters. The lowest BCUT2D eigenvalue weighted by molar-refractivity contribution is -0.161. The zero-order valence-corrected chi connectivity index (χ0v) is 36.0. The fraction of sp³-hybridized carbons (Fsp3) is 0.867. The van der Waals surface area contributed by atoms with Gasteiger partial charge in [-0.15, -0.1) is 0 Å². The van der Waals surface area contributed by atoms with Crippen molar-refractivity contribution in [2.45, 2.75) is 238 Å². The highest BCUT2D eigenvalue weighted by atomic mass is 31.2. The Hall–Kier alpha value is -1.47. The summed E-state index contributed by atoms with van der Waals surface area (Å²) >= 11 is 0. The van der Waals surface area contributed by atoms with Crippen molar-refractivity contribution in [1.29, 1.82) is 0 Å². The van der Waals surface area contributed by atoms with E-state index in [2.05, 4.69) is 42.7 Å². The van der Waals surface area contributed by atoms with Crippen LogP contribution in [-0.2, 0) is 28.2 Å². The Morgan fingerprint density at radius 1 is 0.463 bits per heavy atom. The molecule has 9 heteroatoms. The Kier molecular flexibility index (Phi) is 40.1. The Morgan fingerprint density at radius 3 is 1.13 bits per heavy atom. The number of unbranched alkanes of at least 4 members (excludes halogenated alkanes) is 28. The van der Waals surface area contributed by atoms with Gasteiger partial charge in [0, 0.05) is 12.8 Å². The van der Waals surface area contributed by atoms with Crippen molar-refractivity contribution in [1.82, 2.24) is 0 Å². The van der Waals surface area contributed by atoms with Crippen molar-refractivity contribution in [3.63, 3.8) is 0 Å². The standard InChI is InChI=1S/C45H85O8P/c1-3-5-7-9-11-13-15-17-19-21-22-24-25-27-29-31-33-35-37-39-44(46)51-41-43(42-52-54(48,49)50)53-45(47)40-38-36-34-32-30-28-26-23-20-18-16-14-12-10-8-6-4-2/h18,20-22,43H,3-17,19,23-42H2,1-2H3,(H2,48,49,50)/b20-18-,22-21-/t43-/m1/s1. The largest absolute Gasteiger partial charge is 0.469 e. The summed E-state index contributed by atoms with van der Waals surface area (Å²) in [6.07, 6.45) is 47.5. The summed E-state index contributed by atoms with van der Waals surface area (Å²) in [5.74, 6) is -0.886. The van der Waals surface area contributed by atoms with Crippen LogP contribution < -0.4 is 0 Å². The molecule has 0 saturated heterocycles. The molecule has 0 aliphatic carbocycles. The summed E-state index contributed by atoms with van der Waals surface area (Å²) in [6.45, 7) is 3.70. The SMILES string of the molecule is CCCCCCCC/C=C\CCCCCCCCCC(=O)O[C@H](COC(=O)CCCCCCCCC/C=C\CCCCCCCCCC)COP(=O)(O)O. The zero-order valence-electron chi connectivity index (χ0n) is 35.1. The maximum atomic E-state index is 12.4. The summed E-state index contributed by atoms with van der Waals surface area (Å²) in [7, 11) is -4.76. The molecule has 0 amide bonds. The first kappa shape index (κ1) is 52.5. The second-order valence-corrected chi connectivity index (χ2v) is 16.6. The summed E-state index contributed by atoms with van der Waals surface area (Å²) in [5, 5.41) is 0. The van der Waals surface area contributed by atoms with Gasteiger partial charge in [-0.3, -0.25) is 14.1 Å². The molecule has 54 heavy (non-hydrogen) atoms. The fourth-order valence-corrected chi connectivity index (χ4v) is 6.90. The third-order valence-corrected chi connectivity index (χ3v) is 10.4. The van der Waals surface area contributed by atoms with E-state index in [1.807, 2.05) is 0 Å². The number of carbonyl (C=O) groups excluding carboxylic acids is 2. The summed E-state index contributed by atoms with van der Waals surface area (Å²) in [4.78, 5) is 42.9. The molecule has 2 N–H and O–H groups in total. The monoisotopic (exact) mass is 785 g/mol. The van der Waals surface area contributed by atoms with Gasteiger partial charge in [0.25, 0.3) is 0 Å². The molecule has 0 aromatic heterocycles. The van der Waals surface area contributed by atoms with Gasteiger partial charge in [0.1, 0.15) is 6.61 Å². The second kappa shape index (κ2) is 41.2. The van der Waals surface area contributed by atoms with Crippen molar-refractivity contribution in [2.75, 3.05) is 13.2 Å². The average Bonchev–Trinajstić information content (AvgIpc) is 3.14. The number of allylic oxidation sites excluding steroid dienone is 4. The highest BCUT2D eigenvalue weighted by Gasteiger charge is 2.22. The molecule has 0 aliphatic rings. The quantitative estimate of drug-likeness (QED) is 0.0272. The van der Waals surface area contributed by atoms with Gasteiger partial charge >= 0.3 is 19.8 Å². The van der Waals surface area contributed by atoms with E-state index in [1.165, 1.54) is 141 Å². The average molecular weight is 785 g/mol. The molecule has 0 fully saturated rings. The number of hydrogen-bond donors (Lipinski definition) is 2. The van der Waals surface area contributed by atoms with Crippen LogP contribution in [0.25, 0.3) is 0 Å². The fourth-order valence-electron chi connectivity index (χ4n) is 6.54. The van der Waals surface area contributed by atoms with E-state index in [0.29, 0.717) is 6.42 Å². The van der Waals surface area contributed by atoms with Crippen molar-refractivity contribution in [2.24, 2.45) is 0 Å². The molecule has 0 aliphatic heterocycles. The Morgan fingerprint density at radius 2 is 0.778 bits per heavy atom. The Labute approximate surface area is 332 Å². The Bertz CT molecular complexity index is 931. The van der Waals surface area contributed by atoms with Gasteiger partial charge in [-0.1, -0.05) is 179 Å². The van der Waals surface area contributed by atoms with Crippen LogP contribution in [0.1, 0.15) is 232 Å². The first-order valence-corrected chi connectivity index (χ1v) is 24.2. The van der Waals surface area contributed by atoms with Gasteiger partial charge in [0.05, 0.1) is 6.61 Å². The molecule has 318 valence electrons. The minimum absolute atomic E-state index is 0.208. The summed E-state index contributed by atoms with van der Waals surface area (Å²) < 4.78 is 26.4. The topological polar surface area (TPSA) is 119 Å². The molecule has 0 saturated carbocycles. The number of phosphoric acid groups is 1. The van der Waals surface area contributed by atoms with Crippen molar-refractivity contribution in [3.8, 4) is 0 Å². The molecule has 0 radical (unpaired) electrons. The van der Waals surface area contributed by atoms with Gasteiger partial charge in [-0.05, 0) is 64.2 Å². The highest BCUT2D eigenvalue weighted by molar-refractivity contribution is 7.46. The van der Waals surface area contributed by atoms with E-state index in [0.717, 1.165) is 57.8 Å². The molecule has 0 bridgehead atoms. The van der Waals surface area contributed by atoms with E-state index >= 15 is 0 Å². The molecular formula is C45H85O8P. The number of phosphoric ester groups is 1. The predicted molar refractivity (Wildman–Crippen MR) is 225 cm³/mol. The summed E-state index contributed by atoms with van der Waals surface area (Å²) in [6, 6.07) is 0. The second-order valence-electron chi connectivity index (χ2n) is 15.4. The van der Waals surface area contributed by atoms with Gasteiger partial charge in [0.2, 0.25) is 0 Å². The molecule has 0 heterocycles. The maximum absolute atomic E-state index is 12.4. The number of esters is 2. The van der Waals surface area contributed by atoms with Crippen LogP contribution in [0, 0.1) is 0 Å². The lowest BCUT2D eigenvalue weighted by Crippen LogP contribution is -2.29. The molecule has 8 nitrogen and oxygen atoms in total. The normalized spacial score (nSPS) is 12.6. The maximum Gasteiger partial charge on any atom is 0.469 e. The van der Waals surface area contributed by atoms with E-state index in [1.54, 1.807) is 0 Å². The van der Waals surface area contributed by atoms with E-state index in [-0.39, 0.29) is 19.4 Å². The number of hydrogen-bond acceptors (Lipinski definition) is 6. The van der Waals surface area contributed by atoms with E-state index < -0.39 is 32.5 Å². The van der Waals surface area contributed by atoms with Gasteiger partial charge in [-0.2, -0.15) is 0 Å². The lowest BCUT2D eigenvalue weighted by atomic mass is 10.1. The number of rotatable bonds is 42. The smallest absolute Gasteiger partial charge is 0.462 e. The highest BCUT2D eigenvalue weighted by Crippen LogP contribution is 2.36. The van der Waals surface area contributed by atoms with Crippen LogP contribution in [0.3, 0.4) is 0 Å². The third kappa shape index (κ3) is 43.3. The number of carbonyl (C=O) groups is 2. The third-order valence-electron chi connectivity index (χ3n) is 9.94. The van der Waals surface area contributed by atoms with E-state index in [4.69, 9.17) is 19.3 Å². The summed E-state index contributed by atoms with van der Waals surface area (Å²) in [5.41, 5.74) is 0. The van der Waals surface area contributed by atoms with Crippen LogP contribution in [0.15, 0.2) is 24.3 Å². The molecule has 0 rings (SSSR count). The molecular weight excluding hydrogens is 699 g/mol. The van der Waals surface area contributed by atoms with Crippen molar-refractivity contribution in [3.05, 3.63) is 24.3 Å². The molecule has 0 aromatic rings. The number of ether oxygens (including phenoxy) is 2. The molecule has 0 spiro atoms. The van der Waals surface area contributed by atoms with Crippen molar-refractivity contribution >= 4 is 19.8 Å². The van der Waals surface area contributed by atoms with Crippen LogP contribution in [-0.4, -0.2) is 41.0 Å². The first-order valence-electron chi connectivity index (χ1n) is 22.6. The predicted octanol–water partition coefficient (Wildman–Crippen LogP) is 14.0. The van der Waals surface area contributed by atoms with Crippen LogP contribution in [0.4, 0.5) is 0 Å². The van der Waals surface area contributed by atoms with Gasteiger partial charge in [0.15, 0.2) is 6.10 Å². The van der Waals surface area contributed by atoms with Gasteiger partial charge < -0.3 is 19.3 Å². The first-order chi connectivity index (χ1) is 26.3. The van der Waals surface area contributed by atoms with Crippen LogP contribution in [0.2, 0.25) is 0 Å². The molecule has 0 aromatic carbocycles. The zero-order chi connectivity index (χ0) is 39.6. The van der Waals surface area contributed by atoms with Crippen LogP contribution >= 0.6 is 7.82 Å². The van der Waals surface area contributed by atoms with Crippen molar-refractivity contribution < 1.29 is 37.9 Å². The lowest BCUT2D eigenvalue weighted by Gasteiger charge is -2.18. The van der Waals surface area contributed by atoms with Gasteiger partial charge in [-0.25, -0.2) is 4.57 Å².